The molecule has 0 bridgehead atoms. The van der Waals surface area contributed by atoms with Crippen molar-refractivity contribution < 1.29 is 14.1 Å². The van der Waals surface area contributed by atoms with Gasteiger partial charge in [0.05, 0.1) is 0 Å². The molecular formula is C18H24N2O3. The van der Waals surface area contributed by atoms with Crippen molar-refractivity contribution in [3.05, 3.63) is 41.2 Å². The zero-order valence-electron chi connectivity index (χ0n) is 14.6. The number of hydrogen-bond donors (Lipinski definition) is 1. The van der Waals surface area contributed by atoms with Crippen molar-refractivity contribution in [3.63, 3.8) is 0 Å². The van der Waals surface area contributed by atoms with Crippen LogP contribution in [0.1, 0.15) is 44.6 Å². The van der Waals surface area contributed by atoms with Crippen molar-refractivity contribution in [1.82, 2.24) is 5.16 Å². The largest absolute Gasteiger partial charge is 0.481 e. The van der Waals surface area contributed by atoms with Crippen LogP contribution in [0, 0.1) is 13.8 Å². The normalized spacial score (nSPS) is 12.8. The van der Waals surface area contributed by atoms with Crippen molar-refractivity contribution in [2.45, 2.75) is 53.1 Å². The fourth-order valence-electron chi connectivity index (χ4n) is 2.01. The molecule has 0 saturated heterocycles. The Bertz CT molecular complexity index is 699. The zero-order valence-corrected chi connectivity index (χ0v) is 14.6. The van der Waals surface area contributed by atoms with E-state index in [9.17, 15) is 4.79 Å². The third-order valence-corrected chi connectivity index (χ3v) is 3.73. The van der Waals surface area contributed by atoms with Crippen molar-refractivity contribution in [2.24, 2.45) is 0 Å². The maximum atomic E-state index is 12.3. The fraction of sp³-hybridized carbons (Fsp3) is 0.444. The van der Waals surface area contributed by atoms with Crippen LogP contribution in [-0.4, -0.2) is 17.2 Å². The molecule has 0 aliphatic heterocycles. The number of benzene rings is 1. The average molecular weight is 316 g/mol. The van der Waals surface area contributed by atoms with Gasteiger partial charge in [0.25, 0.3) is 5.91 Å². The smallest absolute Gasteiger partial charge is 0.266 e. The van der Waals surface area contributed by atoms with E-state index in [2.05, 4.69) is 10.5 Å². The number of rotatable bonds is 4. The van der Waals surface area contributed by atoms with Gasteiger partial charge in [0.2, 0.25) is 0 Å². The van der Waals surface area contributed by atoms with Crippen molar-refractivity contribution in [2.75, 3.05) is 5.32 Å². The Morgan fingerprint density at radius 1 is 1.30 bits per heavy atom. The number of aryl methyl sites for hydroxylation is 1. The molecule has 0 aliphatic carbocycles. The van der Waals surface area contributed by atoms with Gasteiger partial charge in [-0.3, -0.25) is 4.79 Å². The molecule has 124 valence electrons. The highest BCUT2D eigenvalue weighted by molar-refractivity contribution is 5.93. The van der Waals surface area contributed by atoms with E-state index in [1.54, 1.807) is 13.0 Å². The first-order chi connectivity index (χ1) is 10.7. The van der Waals surface area contributed by atoms with E-state index in [1.807, 2.05) is 52.8 Å². The molecule has 1 atom stereocenters. The quantitative estimate of drug-likeness (QED) is 0.926. The molecule has 1 aromatic carbocycles. The van der Waals surface area contributed by atoms with Crippen LogP contribution < -0.4 is 10.1 Å². The second-order valence-corrected chi connectivity index (χ2v) is 6.77. The van der Waals surface area contributed by atoms with Crippen LogP contribution in [0.25, 0.3) is 0 Å². The predicted octanol–water partition coefficient (Wildman–Crippen LogP) is 3.99. The molecule has 0 unspecified atom stereocenters. The van der Waals surface area contributed by atoms with E-state index < -0.39 is 6.10 Å². The number of aromatic nitrogens is 1. The van der Waals surface area contributed by atoms with Crippen LogP contribution >= 0.6 is 0 Å². The molecule has 5 heteroatoms. The van der Waals surface area contributed by atoms with E-state index in [4.69, 9.17) is 9.26 Å². The maximum Gasteiger partial charge on any atom is 0.266 e. The molecule has 0 radical (unpaired) electrons. The summed E-state index contributed by atoms with van der Waals surface area (Å²) < 4.78 is 11.0. The summed E-state index contributed by atoms with van der Waals surface area (Å²) in [5.41, 5.74) is 2.00. The Hall–Kier alpha value is -2.30. The van der Waals surface area contributed by atoms with Crippen LogP contribution in [-0.2, 0) is 10.2 Å². The summed E-state index contributed by atoms with van der Waals surface area (Å²) in [6.07, 6.45) is -0.634. The minimum Gasteiger partial charge on any atom is -0.481 e. The van der Waals surface area contributed by atoms with Crippen molar-refractivity contribution >= 4 is 11.7 Å². The Balaban J connectivity index is 2.03. The number of nitrogens with zero attached hydrogens (tertiary/aromatic N) is 1. The first-order valence-corrected chi connectivity index (χ1v) is 7.69. The number of carbonyl (C=O) groups excluding carboxylic acids is 1. The van der Waals surface area contributed by atoms with Crippen LogP contribution in [0.5, 0.6) is 5.75 Å². The van der Waals surface area contributed by atoms with Gasteiger partial charge in [0.1, 0.15) is 11.5 Å². The highest BCUT2D eigenvalue weighted by Crippen LogP contribution is 2.25. The van der Waals surface area contributed by atoms with Gasteiger partial charge >= 0.3 is 0 Å². The van der Waals surface area contributed by atoms with Crippen molar-refractivity contribution in [3.8, 4) is 5.75 Å². The van der Waals surface area contributed by atoms with Gasteiger partial charge < -0.3 is 14.6 Å². The number of ether oxygens (including phenoxy) is 1. The predicted molar refractivity (Wildman–Crippen MR) is 89.8 cm³/mol. The first kappa shape index (κ1) is 17.1. The lowest BCUT2D eigenvalue weighted by Gasteiger charge is -2.16. The van der Waals surface area contributed by atoms with Crippen LogP contribution in [0.2, 0.25) is 0 Å². The lowest BCUT2D eigenvalue weighted by atomic mass is 9.93. The number of amides is 1. The van der Waals surface area contributed by atoms with Crippen molar-refractivity contribution in [1.29, 1.82) is 0 Å². The van der Waals surface area contributed by atoms with Crippen LogP contribution in [0.15, 0.2) is 28.8 Å². The molecule has 1 aromatic heterocycles. The topological polar surface area (TPSA) is 64.4 Å². The van der Waals surface area contributed by atoms with Gasteiger partial charge in [-0.25, -0.2) is 0 Å². The SMILES string of the molecule is Cc1cccc(O[C@H](C)C(=O)Nc2cc(C(C)(C)C)on2)c1C. The summed E-state index contributed by atoms with van der Waals surface area (Å²) in [6.45, 7) is 11.8. The number of anilines is 1. The van der Waals surface area contributed by atoms with E-state index in [-0.39, 0.29) is 11.3 Å². The second-order valence-electron chi connectivity index (χ2n) is 6.77. The van der Waals surface area contributed by atoms with E-state index in [0.29, 0.717) is 11.6 Å². The van der Waals surface area contributed by atoms with Crippen LogP contribution in [0.4, 0.5) is 5.82 Å². The molecule has 5 nitrogen and oxygen atoms in total. The number of carbonyl (C=O) groups is 1. The molecule has 0 fully saturated rings. The lowest BCUT2D eigenvalue weighted by molar-refractivity contribution is -0.122. The average Bonchev–Trinajstić information content (AvgIpc) is 2.92. The second kappa shape index (κ2) is 6.44. The maximum absolute atomic E-state index is 12.3. The minimum atomic E-state index is -0.634. The minimum absolute atomic E-state index is 0.156. The summed E-state index contributed by atoms with van der Waals surface area (Å²) in [5.74, 6) is 1.56. The third-order valence-electron chi connectivity index (χ3n) is 3.73. The summed E-state index contributed by atoms with van der Waals surface area (Å²) in [7, 11) is 0. The standard InChI is InChI=1S/C18H24N2O3/c1-11-8-7-9-14(12(11)2)22-13(3)17(21)19-16-10-15(23-20-16)18(4,5)6/h7-10,13H,1-6H3,(H,19,20,21)/t13-/m1/s1. The Morgan fingerprint density at radius 2 is 2.00 bits per heavy atom. The van der Waals surface area contributed by atoms with Gasteiger partial charge in [-0.1, -0.05) is 38.1 Å². The van der Waals surface area contributed by atoms with Gasteiger partial charge in [-0.2, -0.15) is 0 Å². The zero-order chi connectivity index (χ0) is 17.2. The van der Waals surface area contributed by atoms with Gasteiger partial charge in [0.15, 0.2) is 11.9 Å². The summed E-state index contributed by atoms with van der Waals surface area (Å²) in [4.78, 5) is 12.3. The molecule has 1 heterocycles. The van der Waals surface area contributed by atoms with Gasteiger partial charge in [-0.05, 0) is 38.0 Å². The molecule has 0 aliphatic rings. The molecule has 2 rings (SSSR count). The molecule has 1 N–H and O–H groups in total. The molecule has 2 aromatic rings. The number of nitrogens with one attached hydrogen (secondary N) is 1. The summed E-state index contributed by atoms with van der Waals surface area (Å²) in [6, 6.07) is 7.52. The molecular weight excluding hydrogens is 292 g/mol. The van der Waals surface area contributed by atoms with E-state index in [0.717, 1.165) is 16.9 Å². The third kappa shape index (κ3) is 4.12. The van der Waals surface area contributed by atoms with E-state index >= 15 is 0 Å². The summed E-state index contributed by atoms with van der Waals surface area (Å²) >= 11 is 0. The highest BCUT2D eigenvalue weighted by atomic mass is 16.5. The summed E-state index contributed by atoms with van der Waals surface area (Å²) in [5, 5.41) is 6.60. The molecule has 23 heavy (non-hydrogen) atoms. The first-order valence-electron chi connectivity index (χ1n) is 7.69. The Morgan fingerprint density at radius 3 is 2.61 bits per heavy atom. The fourth-order valence-corrected chi connectivity index (χ4v) is 2.01. The monoisotopic (exact) mass is 316 g/mol. The Labute approximate surface area is 137 Å². The Kier molecular flexibility index (Phi) is 4.78. The molecule has 0 saturated carbocycles. The van der Waals surface area contributed by atoms with Gasteiger partial charge in [0, 0.05) is 11.5 Å². The molecule has 0 spiro atoms. The van der Waals surface area contributed by atoms with Crippen LogP contribution in [0.3, 0.4) is 0 Å². The van der Waals surface area contributed by atoms with E-state index in [1.165, 1.54) is 0 Å². The lowest BCUT2D eigenvalue weighted by Crippen LogP contribution is -2.30. The highest BCUT2D eigenvalue weighted by Gasteiger charge is 2.22. The van der Waals surface area contributed by atoms with Gasteiger partial charge in [-0.15, -0.1) is 0 Å². The number of hydrogen-bond acceptors (Lipinski definition) is 4. The molecule has 1 amide bonds.